The predicted octanol–water partition coefficient (Wildman–Crippen LogP) is 3.73. The Morgan fingerprint density at radius 3 is 1.90 bits per heavy atom. The molecule has 2 aromatic rings. The number of hydrogen-bond donors (Lipinski definition) is 10. The summed E-state index contributed by atoms with van der Waals surface area (Å²) in [6, 6.07) is 8.50. The number of tetrazole rings is 1. The Balaban J connectivity index is 0.918. The second kappa shape index (κ2) is 45.3. The number of carbonyl (C=O) groups excluding carboxylic acids is 8. The van der Waals surface area contributed by atoms with Crippen LogP contribution in [-0.4, -0.2) is 224 Å². The number of carboxylic acid groups (broad SMARTS) is 1. The van der Waals surface area contributed by atoms with Gasteiger partial charge in [-0.05, 0) is 99.8 Å². The van der Waals surface area contributed by atoms with Crippen LogP contribution in [0.25, 0.3) is 5.69 Å². The number of fused-ring (bicyclic) bond motifs is 1. The molecule has 8 amide bonds. The SMILES string of the molecule is CC1(C)CC(=O)C(C(CCCCC(=O)NCCCC[C@H](NC(=O)CCC(=O)NCCCCCC(=O)O)C(=O)NCCCOCCOCCOCCCNC(=O)CCCC[C@@H]2SC[C@@H]3NC(=O)N[C@@H]32)=NCCOCCOCCNC(=O)c2nnn(-c3ccccc3)n2)=C(O)C1. The zero-order valence-electron chi connectivity index (χ0n) is 54.8. The van der Waals surface area contributed by atoms with Gasteiger partial charge in [0.25, 0.3) is 11.7 Å². The molecule has 2 fully saturated rings. The fraction of sp³-hybridized carbons (Fsp3) is 0.703. The summed E-state index contributed by atoms with van der Waals surface area (Å²) < 4.78 is 28.2. The van der Waals surface area contributed by atoms with E-state index in [0.29, 0.717) is 153 Å². The number of carbonyl (C=O) groups is 9. The maximum atomic E-state index is 13.4. The zero-order valence-corrected chi connectivity index (χ0v) is 55.6. The Hall–Kier alpha value is -7.12. The third-order valence-electron chi connectivity index (χ3n) is 15.5. The largest absolute Gasteiger partial charge is 0.511 e. The summed E-state index contributed by atoms with van der Waals surface area (Å²) in [6.07, 6.45) is 9.42. The van der Waals surface area contributed by atoms with Crippen molar-refractivity contribution in [2.45, 2.75) is 172 Å². The van der Waals surface area contributed by atoms with E-state index in [-0.39, 0.29) is 143 Å². The molecule has 0 spiro atoms. The predicted molar refractivity (Wildman–Crippen MR) is 350 cm³/mol. The number of hydrogen-bond acceptors (Lipinski definition) is 20. The number of aliphatic hydroxyl groups excluding tert-OH is 1. The monoisotopic (exact) mass is 1340 g/mol. The minimum absolute atomic E-state index is 0.00411. The van der Waals surface area contributed by atoms with Gasteiger partial charge in [-0.25, -0.2) is 4.79 Å². The lowest BCUT2D eigenvalue weighted by Gasteiger charge is -2.30. The maximum Gasteiger partial charge on any atom is 0.315 e. The number of Topliss-reactive ketones (excluding diaryl/α,β-unsaturated/α-hetero) is 1. The lowest BCUT2D eigenvalue weighted by Crippen LogP contribution is -2.47. The molecule has 3 heterocycles. The molecule has 29 nitrogen and oxygen atoms in total. The number of allylic oxidation sites excluding steroid dienone is 2. The van der Waals surface area contributed by atoms with Crippen LogP contribution in [0.15, 0.2) is 46.7 Å². The molecule has 10 N–H and O–H groups in total. The lowest BCUT2D eigenvalue weighted by molar-refractivity contribution is -0.137. The number of ketones is 1. The van der Waals surface area contributed by atoms with Crippen LogP contribution in [0, 0.1) is 5.41 Å². The van der Waals surface area contributed by atoms with E-state index < -0.39 is 35.1 Å². The van der Waals surface area contributed by atoms with Crippen LogP contribution in [-0.2, 0) is 57.2 Å². The first-order valence-corrected chi connectivity index (χ1v) is 34.3. The summed E-state index contributed by atoms with van der Waals surface area (Å²) in [7, 11) is 0. The molecule has 1 aromatic carbocycles. The van der Waals surface area contributed by atoms with Crippen molar-refractivity contribution in [2.24, 2.45) is 10.4 Å². The molecule has 524 valence electrons. The second-order valence-corrected chi connectivity index (χ2v) is 25.4. The van der Waals surface area contributed by atoms with Crippen molar-refractivity contribution in [1.82, 2.24) is 62.7 Å². The van der Waals surface area contributed by atoms with Gasteiger partial charge >= 0.3 is 12.0 Å². The number of nitrogens with one attached hydrogen (secondary N) is 8. The zero-order chi connectivity index (χ0) is 67.6. The molecule has 2 aliphatic heterocycles. The molecule has 1 aromatic heterocycles. The van der Waals surface area contributed by atoms with Gasteiger partial charge < -0.3 is 76.4 Å². The van der Waals surface area contributed by atoms with Gasteiger partial charge in [0.15, 0.2) is 5.78 Å². The molecule has 0 bridgehead atoms. The van der Waals surface area contributed by atoms with Crippen LogP contribution in [0.4, 0.5) is 4.79 Å². The van der Waals surface area contributed by atoms with Gasteiger partial charge in [-0.15, -0.1) is 15.0 Å². The number of carboxylic acids is 1. The highest BCUT2D eigenvalue weighted by atomic mass is 32.2. The number of unbranched alkanes of at least 4 members (excludes halogenated alkanes) is 5. The molecule has 30 heteroatoms. The highest BCUT2D eigenvalue weighted by molar-refractivity contribution is 8.00. The Kier molecular flexibility index (Phi) is 37.4. The molecule has 0 saturated carbocycles. The van der Waals surface area contributed by atoms with Gasteiger partial charge in [0.2, 0.25) is 29.5 Å². The van der Waals surface area contributed by atoms with Crippen molar-refractivity contribution >= 4 is 70.7 Å². The molecule has 94 heavy (non-hydrogen) atoms. The van der Waals surface area contributed by atoms with Crippen molar-refractivity contribution in [2.75, 3.05) is 111 Å². The Morgan fingerprint density at radius 2 is 1.22 bits per heavy atom. The topological polar surface area (TPSA) is 392 Å². The Bertz CT molecular complexity index is 2740. The van der Waals surface area contributed by atoms with Crippen molar-refractivity contribution in [3.8, 4) is 5.69 Å². The standard InChI is InChI=1S/C64H101N13O16S/c1-64(2)43-50(78)58(51(79)44-64)47(65-31-35-91-39-40-92-36-32-70-62(87)60-74-76-77(75-60)46-17-5-3-6-18-46)19-8-10-22-53(80)66-28-14-12-20-48(71-56(83)26-25-55(82)67-27-13-4-7-24-57(84)85)61(86)69-30-16-34-90-38-42-93-41-37-89-33-15-29-68-54(81)23-11-9-21-52-59-49(45-94-52)72-63(88)73-59/h3,5-6,17-18,48-49,52,59,78H,4,7-16,19-45H2,1-2H3,(H,66,80)(H,67,82)(H,68,81)(H,69,86)(H,70,87)(H,71,83)(H,84,85)(H2,72,73,88)/t48-,49-,52-,59-/m0/s1. The number of para-hydroxylation sites is 1. The van der Waals surface area contributed by atoms with Gasteiger partial charge in [-0.3, -0.25) is 43.3 Å². The summed E-state index contributed by atoms with van der Waals surface area (Å²) in [4.78, 5) is 118. The first kappa shape index (κ1) is 77.6. The number of aliphatic carboxylic acids is 1. The number of aromatic nitrogens is 4. The molecule has 2 saturated heterocycles. The average Bonchev–Trinajstić information content (AvgIpc) is 1.12. The van der Waals surface area contributed by atoms with E-state index in [9.17, 15) is 48.3 Å². The van der Waals surface area contributed by atoms with E-state index in [1.807, 2.05) is 43.8 Å². The Morgan fingerprint density at radius 1 is 0.638 bits per heavy atom. The summed E-state index contributed by atoms with van der Waals surface area (Å²) in [6.45, 7) is 9.10. The van der Waals surface area contributed by atoms with E-state index >= 15 is 0 Å². The number of aliphatic imine (C=N–C) groups is 1. The smallest absolute Gasteiger partial charge is 0.315 e. The molecule has 5 rings (SSSR count). The molecule has 0 unspecified atom stereocenters. The first-order chi connectivity index (χ1) is 45.5. The van der Waals surface area contributed by atoms with Crippen molar-refractivity contribution in [3.63, 3.8) is 0 Å². The summed E-state index contributed by atoms with van der Waals surface area (Å²) in [5, 5.41) is 55.0. The fourth-order valence-corrected chi connectivity index (χ4v) is 12.1. The molecular weight excluding hydrogens is 1240 g/mol. The van der Waals surface area contributed by atoms with E-state index in [1.165, 1.54) is 4.80 Å². The second-order valence-electron chi connectivity index (χ2n) is 24.1. The number of amides is 8. The van der Waals surface area contributed by atoms with Gasteiger partial charge in [-0.2, -0.15) is 11.8 Å². The van der Waals surface area contributed by atoms with Crippen LogP contribution in [0.1, 0.15) is 159 Å². The number of thioether (sulfide) groups is 1. The number of ether oxygens (including phenoxy) is 5. The van der Waals surface area contributed by atoms with Gasteiger partial charge in [-0.1, -0.05) is 44.9 Å². The fourth-order valence-electron chi connectivity index (χ4n) is 10.6. The quantitative estimate of drug-likeness (QED) is 0.0256. The van der Waals surface area contributed by atoms with Crippen LogP contribution < -0.4 is 42.5 Å². The van der Waals surface area contributed by atoms with Crippen LogP contribution >= 0.6 is 11.8 Å². The van der Waals surface area contributed by atoms with Crippen molar-refractivity contribution in [3.05, 3.63) is 47.5 Å². The number of aliphatic hydroxyl groups is 1. The normalized spacial score (nSPS) is 17.0. The highest BCUT2D eigenvalue weighted by Gasteiger charge is 2.42. The van der Waals surface area contributed by atoms with Gasteiger partial charge in [0.05, 0.1) is 82.7 Å². The van der Waals surface area contributed by atoms with E-state index in [2.05, 4.69) is 62.9 Å². The number of rotatable bonds is 52. The summed E-state index contributed by atoms with van der Waals surface area (Å²) in [5.74, 6) is -2.01. The summed E-state index contributed by atoms with van der Waals surface area (Å²) in [5.41, 5.74) is 0.979. The molecule has 1 aliphatic carbocycles. The maximum absolute atomic E-state index is 13.4. The summed E-state index contributed by atoms with van der Waals surface area (Å²) >= 11 is 1.88. The van der Waals surface area contributed by atoms with Crippen molar-refractivity contribution < 1.29 is 77.0 Å². The van der Waals surface area contributed by atoms with Crippen LogP contribution in [0.3, 0.4) is 0 Å². The minimum Gasteiger partial charge on any atom is -0.511 e. The minimum atomic E-state index is -0.893. The van der Waals surface area contributed by atoms with Crippen molar-refractivity contribution in [1.29, 1.82) is 0 Å². The van der Waals surface area contributed by atoms with Crippen LogP contribution in [0.2, 0.25) is 0 Å². The van der Waals surface area contributed by atoms with E-state index in [1.54, 1.807) is 12.1 Å². The lowest BCUT2D eigenvalue weighted by atomic mass is 9.75. The highest BCUT2D eigenvalue weighted by Crippen LogP contribution is 2.37. The van der Waals surface area contributed by atoms with Crippen LogP contribution in [0.5, 0.6) is 0 Å². The first-order valence-electron chi connectivity index (χ1n) is 33.3. The number of nitrogens with zero attached hydrogens (tertiary/aromatic N) is 5. The number of urea groups is 1. The third-order valence-corrected chi connectivity index (χ3v) is 17.0. The number of benzene rings is 1. The molecule has 4 atom stereocenters. The van der Waals surface area contributed by atoms with Gasteiger partial charge in [0, 0.05) is 108 Å². The average molecular weight is 1340 g/mol. The Labute approximate surface area is 555 Å². The molecular formula is C64H101N13O16S. The molecule has 0 radical (unpaired) electrons. The molecule has 3 aliphatic rings. The van der Waals surface area contributed by atoms with Gasteiger partial charge in [0.1, 0.15) is 11.8 Å². The third kappa shape index (κ3) is 32.3. The van der Waals surface area contributed by atoms with E-state index in [4.69, 9.17) is 28.8 Å². The van der Waals surface area contributed by atoms with E-state index in [0.717, 1.165) is 25.0 Å².